The van der Waals surface area contributed by atoms with Gasteiger partial charge in [-0.2, -0.15) is 18.4 Å². The Morgan fingerprint density at radius 2 is 2.08 bits per heavy atom. The summed E-state index contributed by atoms with van der Waals surface area (Å²) in [7, 11) is 0. The highest BCUT2D eigenvalue weighted by Crippen LogP contribution is 2.34. The van der Waals surface area contributed by atoms with Gasteiger partial charge in [0, 0.05) is 24.2 Å². The molecule has 1 fully saturated rings. The fraction of sp³-hybridized carbons (Fsp3) is 0.333. The van der Waals surface area contributed by atoms with Crippen LogP contribution >= 0.6 is 0 Å². The third kappa shape index (κ3) is 4.57. The lowest BCUT2D eigenvalue weighted by molar-refractivity contribution is -0.141. The highest BCUT2D eigenvalue weighted by molar-refractivity contribution is 6.03. The number of anilines is 1. The quantitative estimate of drug-likeness (QED) is 0.451. The molecule has 36 heavy (non-hydrogen) atoms. The van der Waals surface area contributed by atoms with Crippen LogP contribution in [0.3, 0.4) is 0 Å². The van der Waals surface area contributed by atoms with Gasteiger partial charge in [-0.25, -0.2) is 15.0 Å². The summed E-state index contributed by atoms with van der Waals surface area (Å²) in [5, 5.41) is 12.5. The van der Waals surface area contributed by atoms with Crippen molar-refractivity contribution in [3.05, 3.63) is 53.7 Å². The van der Waals surface area contributed by atoms with Gasteiger partial charge in [0.2, 0.25) is 11.9 Å². The van der Waals surface area contributed by atoms with Crippen LogP contribution in [0.4, 0.5) is 19.1 Å². The molecule has 0 spiro atoms. The summed E-state index contributed by atoms with van der Waals surface area (Å²) in [5.74, 6) is -0.630. The van der Waals surface area contributed by atoms with E-state index in [9.17, 15) is 23.2 Å². The molecule has 0 bridgehead atoms. The van der Waals surface area contributed by atoms with Crippen LogP contribution in [0.25, 0.3) is 21.9 Å². The predicted octanol–water partition coefficient (Wildman–Crippen LogP) is 4.19. The molecule has 1 aliphatic rings. The Morgan fingerprint density at radius 3 is 2.83 bits per heavy atom. The minimum absolute atomic E-state index is 0.0100. The van der Waals surface area contributed by atoms with Gasteiger partial charge in [0.1, 0.15) is 17.0 Å². The van der Waals surface area contributed by atoms with Gasteiger partial charge >= 0.3 is 6.18 Å². The molecule has 1 amide bonds. The van der Waals surface area contributed by atoms with Crippen molar-refractivity contribution in [2.45, 2.75) is 44.5 Å². The third-order valence-corrected chi connectivity index (χ3v) is 6.06. The van der Waals surface area contributed by atoms with Crippen LogP contribution in [0.1, 0.15) is 42.9 Å². The number of carbonyl (C=O) groups excluding carboxylic acids is 1. The number of ether oxygens (including phenoxy) is 1. The first kappa shape index (κ1) is 23.6. The maximum Gasteiger partial charge on any atom is 0.433 e. The predicted molar refractivity (Wildman–Crippen MR) is 123 cm³/mol. The van der Waals surface area contributed by atoms with Crippen LogP contribution in [0.15, 0.2) is 36.7 Å². The Morgan fingerprint density at radius 1 is 1.25 bits per heavy atom. The summed E-state index contributed by atoms with van der Waals surface area (Å²) in [6, 6.07) is 8.01. The first-order valence-electron chi connectivity index (χ1n) is 11.2. The zero-order valence-corrected chi connectivity index (χ0v) is 19.1. The Labute approximate surface area is 203 Å². The van der Waals surface area contributed by atoms with E-state index in [-0.39, 0.29) is 18.6 Å². The number of fused-ring (bicyclic) bond motifs is 3. The van der Waals surface area contributed by atoms with Gasteiger partial charge in [0.05, 0.1) is 41.4 Å². The number of carbonyl (C=O) groups is 1. The van der Waals surface area contributed by atoms with Gasteiger partial charge in [0.25, 0.3) is 0 Å². The molecule has 9 nitrogen and oxygen atoms in total. The van der Waals surface area contributed by atoms with E-state index >= 15 is 0 Å². The number of benzene rings is 1. The number of nitrogens with zero attached hydrogens (tertiary/aromatic N) is 6. The number of aromatic nitrogens is 5. The number of alkyl halides is 3. The lowest BCUT2D eigenvalue weighted by Gasteiger charge is -2.30. The normalized spacial score (nSPS) is 18.3. The maximum absolute atomic E-state index is 13.0. The zero-order valence-electron chi connectivity index (χ0n) is 19.1. The van der Waals surface area contributed by atoms with Crippen molar-refractivity contribution in [3.63, 3.8) is 0 Å². The summed E-state index contributed by atoms with van der Waals surface area (Å²) in [6.45, 7) is 2.50. The smallest absolute Gasteiger partial charge is 0.378 e. The Bertz CT molecular complexity index is 1510. The Hall–Kier alpha value is -4.11. The number of hydrogen-bond donors (Lipinski definition) is 1. The summed E-state index contributed by atoms with van der Waals surface area (Å²) < 4.78 is 46.7. The molecule has 0 radical (unpaired) electrons. The van der Waals surface area contributed by atoms with Gasteiger partial charge in [-0.1, -0.05) is 0 Å². The lowest BCUT2D eigenvalue weighted by atomic mass is 10.0. The van der Waals surface area contributed by atoms with Crippen molar-refractivity contribution in [2.75, 3.05) is 11.9 Å². The molecular weight excluding hydrogens is 475 g/mol. The Kier molecular flexibility index (Phi) is 6.01. The molecule has 0 aliphatic carbocycles. The Balaban J connectivity index is 1.56. The number of halogens is 3. The second-order valence-electron chi connectivity index (χ2n) is 8.58. The maximum atomic E-state index is 13.0. The minimum Gasteiger partial charge on any atom is -0.378 e. The molecule has 4 aromatic rings. The molecule has 2 atom stereocenters. The zero-order chi connectivity index (χ0) is 25.4. The second kappa shape index (κ2) is 9.16. The number of nitriles is 1. The third-order valence-electron chi connectivity index (χ3n) is 6.06. The highest BCUT2D eigenvalue weighted by atomic mass is 19.4. The SMILES string of the molecule is C[C@@H]1C[C@H](n2c(CC(=O)Nc3nccc(C(F)(F)F)n3)nc3cnc4ccc(C#N)cc4c32)CCO1. The average molecular weight is 495 g/mol. The molecule has 1 N–H and O–H groups in total. The molecule has 0 unspecified atom stereocenters. The van der Waals surface area contributed by atoms with Crippen LogP contribution in [0.2, 0.25) is 0 Å². The molecule has 184 valence electrons. The van der Waals surface area contributed by atoms with Gasteiger partial charge in [-0.05, 0) is 44.0 Å². The van der Waals surface area contributed by atoms with Gasteiger partial charge in [-0.3, -0.25) is 15.1 Å². The molecular formula is C24H20F3N7O2. The van der Waals surface area contributed by atoms with E-state index in [4.69, 9.17) is 4.74 Å². The molecule has 1 aliphatic heterocycles. The van der Waals surface area contributed by atoms with Crippen molar-refractivity contribution < 1.29 is 22.7 Å². The number of nitrogens with one attached hydrogen (secondary N) is 1. The first-order valence-corrected chi connectivity index (χ1v) is 11.2. The second-order valence-corrected chi connectivity index (χ2v) is 8.58. The van der Waals surface area contributed by atoms with Crippen molar-refractivity contribution in [1.82, 2.24) is 24.5 Å². The number of imidazole rings is 1. The first-order chi connectivity index (χ1) is 17.2. The average Bonchev–Trinajstić information content (AvgIpc) is 3.21. The van der Waals surface area contributed by atoms with E-state index in [0.29, 0.717) is 41.9 Å². The van der Waals surface area contributed by atoms with E-state index in [1.807, 2.05) is 11.5 Å². The van der Waals surface area contributed by atoms with Crippen molar-refractivity contribution in [2.24, 2.45) is 0 Å². The lowest BCUT2D eigenvalue weighted by Crippen LogP contribution is -2.28. The topological polar surface area (TPSA) is 119 Å². The van der Waals surface area contributed by atoms with E-state index in [1.54, 1.807) is 24.4 Å². The molecule has 1 saturated heterocycles. The van der Waals surface area contributed by atoms with Crippen LogP contribution in [0.5, 0.6) is 0 Å². The van der Waals surface area contributed by atoms with E-state index in [1.165, 1.54) is 0 Å². The standard InChI is InChI=1S/C24H20F3N7O2/c1-13-8-15(5-7-36-13)34-20(10-21(35)33-23-29-6-4-19(32-23)24(25,26)27)31-18-12-30-17-3-2-14(11-28)9-16(17)22(18)34/h2-4,6,9,12-13,15H,5,7-8,10H2,1H3,(H,29,32,33,35)/t13-,15-/m1/s1. The molecule has 3 aromatic heterocycles. The van der Waals surface area contributed by atoms with Gasteiger partial charge in [0.15, 0.2) is 0 Å². The van der Waals surface area contributed by atoms with Crippen LogP contribution in [-0.2, 0) is 22.1 Å². The van der Waals surface area contributed by atoms with Gasteiger partial charge in [-0.15, -0.1) is 0 Å². The van der Waals surface area contributed by atoms with Crippen molar-refractivity contribution in [1.29, 1.82) is 5.26 Å². The van der Waals surface area contributed by atoms with Gasteiger partial charge < -0.3 is 9.30 Å². The highest BCUT2D eigenvalue weighted by Gasteiger charge is 2.33. The molecule has 0 saturated carbocycles. The van der Waals surface area contributed by atoms with Crippen LogP contribution in [0, 0.1) is 11.3 Å². The van der Waals surface area contributed by atoms with Crippen LogP contribution in [-0.4, -0.2) is 43.1 Å². The van der Waals surface area contributed by atoms with E-state index < -0.39 is 23.7 Å². The van der Waals surface area contributed by atoms with Crippen molar-refractivity contribution in [3.8, 4) is 6.07 Å². The molecule has 4 heterocycles. The summed E-state index contributed by atoms with van der Waals surface area (Å²) in [6.07, 6.45) is -0.980. The van der Waals surface area contributed by atoms with E-state index in [0.717, 1.165) is 23.2 Å². The van der Waals surface area contributed by atoms with Crippen LogP contribution < -0.4 is 5.32 Å². The molecule has 1 aromatic carbocycles. The van der Waals surface area contributed by atoms with Crippen molar-refractivity contribution >= 4 is 33.8 Å². The molecule has 12 heteroatoms. The summed E-state index contributed by atoms with van der Waals surface area (Å²) in [5.41, 5.74) is 1.29. The fourth-order valence-corrected chi connectivity index (χ4v) is 4.51. The van der Waals surface area contributed by atoms with E-state index in [2.05, 4.69) is 31.3 Å². The number of rotatable bonds is 4. The molecule has 5 rings (SSSR count). The summed E-state index contributed by atoms with van der Waals surface area (Å²) in [4.78, 5) is 29.1. The minimum atomic E-state index is -4.66. The number of amides is 1. The summed E-state index contributed by atoms with van der Waals surface area (Å²) >= 11 is 0. The largest absolute Gasteiger partial charge is 0.433 e. The fourth-order valence-electron chi connectivity index (χ4n) is 4.51. The number of hydrogen-bond acceptors (Lipinski definition) is 7. The number of pyridine rings is 1. The monoisotopic (exact) mass is 495 g/mol.